The van der Waals surface area contributed by atoms with Crippen molar-refractivity contribution >= 4 is 33.4 Å². The molecular weight excluding hydrogens is 391 g/mol. The summed E-state index contributed by atoms with van der Waals surface area (Å²) in [5.74, 6) is -1.23. The number of benzene rings is 2. The van der Waals surface area contributed by atoms with Crippen molar-refractivity contribution in [2.45, 2.75) is 13.8 Å². The normalized spacial score (nSPS) is 10.2. The second kappa shape index (κ2) is 8.62. The zero-order chi connectivity index (χ0) is 18.4. The minimum absolute atomic E-state index is 0.00820. The molecule has 0 saturated heterocycles. The van der Waals surface area contributed by atoms with Crippen LogP contribution in [0.15, 0.2) is 40.9 Å². The topological polar surface area (TPSA) is 67.4 Å². The molecule has 0 aliphatic carbocycles. The molecule has 0 aromatic heterocycles. The highest BCUT2D eigenvalue weighted by Gasteiger charge is 2.11. The minimum Gasteiger partial charge on any atom is -0.481 e. The van der Waals surface area contributed by atoms with Crippen LogP contribution in [0.4, 0.5) is 10.1 Å². The van der Waals surface area contributed by atoms with Gasteiger partial charge in [0, 0.05) is 22.3 Å². The number of carbonyl (C=O) groups excluding carboxylic acids is 2. The maximum Gasteiger partial charge on any atom is 0.262 e. The van der Waals surface area contributed by atoms with E-state index < -0.39 is 11.7 Å². The molecule has 0 atom stereocenters. The van der Waals surface area contributed by atoms with Crippen molar-refractivity contribution in [1.29, 1.82) is 0 Å². The quantitative estimate of drug-likeness (QED) is 0.765. The van der Waals surface area contributed by atoms with Gasteiger partial charge in [0.05, 0.1) is 0 Å². The third kappa shape index (κ3) is 5.29. The van der Waals surface area contributed by atoms with Gasteiger partial charge in [-0.05, 0) is 49.7 Å². The van der Waals surface area contributed by atoms with E-state index in [0.717, 1.165) is 5.56 Å². The number of ether oxygens (including phenoxy) is 1. The standard InChI is InChI=1S/C18H18BrFN2O3/c1-3-21-18(24)12-5-4-11(2)15(8-12)22-17(23)10-25-16-7-6-13(19)9-14(16)20/h4-9H,3,10H2,1-2H3,(H,21,24)(H,22,23). The van der Waals surface area contributed by atoms with Gasteiger partial charge in [-0.3, -0.25) is 9.59 Å². The molecule has 0 bridgehead atoms. The van der Waals surface area contributed by atoms with E-state index in [1.165, 1.54) is 12.1 Å². The number of aryl methyl sites for hydroxylation is 1. The molecule has 0 unspecified atom stereocenters. The summed E-state index contributed by atoms with van der Waals surface area (Å²) in [5.41, 5.74) is 1.76. The average Bonchev–Trinajstić information content (AvgIpc) is 2.56. The number of hydrogen-bond donors (Lipinski definition) is 2. The summed E-state index contributed by atoms with van der Waals surface area (Å²) >= 11 is 3.15. The van der Waals surface area contributed by atoms with Crippen LogP contribution in [0.1, 0.15) is 22.8 Å². The van der Waals surface area contributed by atoms with Crippen LogP contribution in [0, 0.1) is 12.7 Å². The van der Waals surface area contributed by atoms with Gasteiger partial charge in [-0.1, -0.05) is 22.0 Å². The van der Waals surface area contributed by atoms with Crippen molar-refractivity contribution < 1.29 is 18.7 Å². The van der Waals surface area contributed by atoms with E-state index in [1.54, 1.807) is 24.3 Å². The van der Waals surface area contributed by atoms with Crippen molar-refractivity contribution in [2.24, 2.45) is 0 Å². The molecule has 7 heteroatoms. The maximum atomic E-state index is 13.7. The van der Waals surface area contributed by atoms with Crippen LogP contribution in [0.5, 0.6) is 5.75 Å². The molecule has 0 fully saturated rings. The van der Waals surface area contributed by atoms with E-state index in [0.29, 0.717) is 22.3 Å². The first-order valence-electron chi connectivity index (χ1n) is 7.67. The van der Waals surface area contributed by atoms with Gasteiger partial charge in [-0.2, -0.15) is 0 Å². The van der Waals surface area contributed by atoms with Crippen molar-refractivity contribution in [3.63, 3.8) is 0 Å². The fourth-order valence-electron chi connectivity index (χ4n) is 2.08. The average molecular weight is 409 g/mol. The molecule has 0 saturated carbocycles. The molecule has 5 nitrogen and oxygen atoms in total. The molecular formula is C18H18BrFN2O3. The lowest BCUT2D eigenvalue weighted by Crippen LogP contribution is -2.24. The zero-order valence-electron chi connectivity index (χ0n) is 13.9. The van der Waals surface area contributed by atoms with Crippen LogP contribution in [0.2, 0.25) is 0 Å². The fraction of sp³-hybridized carbons (Fsp3) is 0.222. The van der Waals surface area contributed by atoms with Gasteiger partial charge in [0.2, 0.25) is 0 Å². The van der Waals surface area contributed by atoms with Gasteiger partial charge in [0.25, 0.3) is 11.8 Å². The Morgan fingerprint density at radius 1 is 1.20 bits per heavy atom. The summed E-state index contributed by atoms with van der Waals surface area (Å²) in [6, 6.07) is 9.34. The first-order chi connectivity index (χ1) is 11.9. The number of nitrogens with one attached hydrogen (secondary N) is 2. The van der Waals surface area contributed by atoms with Gasteiger partial charge in [0.1, 0.15) is 0 Å². The second-order valence-electron chi connectivity index (χ2n) is 5.30. The lowest BCUT2D eigenvalue weighted by molar-refractivity contribution is -0.118. The first-order valence-corrected chi connectivity index (χ1v) is 8.46. The first kappa shape index (κ1) is 18.9. The van der Waals surface area contributed by atoms with E-state index in [1.807, 2.05) is 13.8 Å². The molecule has 2 aromatic carbocycles. The Hall–Kier alpha value is -2.41. The molecule has 0 radical (unpaired) electrons. The molecule has 0 heterocycles. The van der Waals surface area contributed by atoms with Gasteiger partial charge < -0.3 is 15.4 Å². The van der Waals surface area contributed by atoms with Crippen LogP contribution >= 0.6 is 15.9 Å². The summed E-state index contributed by atoms with van der Waals surface area (Å²) in [6.07, 6.45) is 0. The van der Waals surface area contributed by atoms with Crippen LogP contribution in [0.3, 0.4) is 0 Å². The predicted molar refractivity (Wildman–Crippen MR) is 97.4 cm³/mol. The van der Waals surface area contributed by atoms with Crippen LogP contribution in [-0.2, 0) is 4.79 Å². The molecule has 0 aliphatic rings. The lowest BCUT2D eigenvalue weighted by Gasteiger charge is -2.12. The Bertz CT molecular complexity index is 796. The molecule has 25 heavy (non-hydrogen) atoms. The van der Waals surface area contributed by atoms with Crippen molar-refractivity contribution in [1.82, 2.24) is 5.32 Å². The van der Waals surface area contributed by atoms with Gasteiger partial charge >= 0.3 is 0 Å². The Morgan fingerprint density at radius 2 is 1.96 bits per heavy atom. The number of halogens is 2. The van der Waals surface area contributed by atoms with Crippen molar-refractivity contribution in [2.75, 3.05) is 18.5 Å². The molecule has 2 aromatic rings. The predicted octanol–water partition coefficient (Wildman–Crippen LogP) is 3.66. The van der Waals surface area contributed by atoms with Gasteiger partial charge in [0.15, 0.2) is 18.2 Å². The van der Waals surface area contributed by atoms with Crippen molar-refractivity contribution in [3.05, 3.63) is 57.8 Å². The number of rotatable bonds is 6. The molecule has 0 aliphatic heterocycles. The van der Waals surface area contributed by atoms with Crippen LogP contribution < -0.4 is 15.4 Å². The number of hydrogen-bond acceptors (Lipinski definition) is 3. The Morgan fingerprint density at radius 3 is 2.64 bits per heavy atom. The summed E-state index contributed by atoms with van der Waals surface area (Å²) < 4.78 is 19.5. The highest BCUT2D eigenvalue weighted by atomic mass is 79.9. The summed E-state index contributed by atoms with van der Waals surface area (Å²) in [6.45, 7) is 3.81. The number of amides is 2. The summed E-state index contributed by atoms with van der Waals surface area (Å²) in [7, 11) is 0. The van der Waals surface area contributed by atoms with E-state index >= 15 is 0 Å². The van der Waals surface area contributed by atoms with E-state index in [-0.39, 0.29) is 18.3 Å². The van der Waals surface area contributed by atoms with Gasteiger partial charge in [-0.25, -0.2) is 4.39 Å². The number of anilines is 1. The Labute approximate surface area is 153 Å². The van der Waals surface area contributed by atoms with Gasteiger partial charge in [-0.15, -0.1) is 0 Å². The van der Waals surface area contributed by atoms with Crippen molar-refractivity contribution in [3.8, 4) is 5.75 Å². The summed E-state index contributed by atoms with van der Waals surface area (Å²) in [4.78, 5) is 23.9. The van der Waals surface area contributed by atoms with E-state index in [9.17, 15) is 14.0 Å². The van der Waals surface area contributed by atoms with E-state index in [2.05, 4.69) is 26.6 Å². The Kier molecular flexibility index (Phi) is 6.52. The maximum absolute atomic E-state index is 13.7. The highest BCUT2D eigenvalue weighted by molar-refractivity contribution is 9.10. The number of carbonyl (C=O) groups is 2. The minimum atomic E-state index is -0.559. The van der Waals surface area contributed by atoms with E-state index in [4.69, 9.17) is 4.74 Å². The molecule has 132 valence electrons. The highest BCUT2D eigenvalue weighted by Crippen LogP contribution is 2.22. The third-order valence-corrected chi connectivity index (χ3v) is 3.86. The molecule has 2 N–H and O–H groups in total. The SMILES string of the molecule is CCNC(=O)c1ccc(C)c(NC(=O)COc2ccc(Br)cc2F)c1. The largest absolute Gasteiger partial charge is 0.481 e. The smallest absolute Gasteiger partial charge is 0.262 e. The fourth-order valence-corrected chi connectivity index (χ4v) is 2.42. The molecule has 2 amide bonds. The Balaban J connectivity index is 2.02. The third-order valence-electron chi connectivity index (χ3n) is 3.36. The molecule has 2 rings (SSSR count). The van der Waals surface area contributed by atoms with Crippen LogP contribution in [0.25, 0.3) is 0 Å². The zero-order valence-corrected chi connectivity index (χ0v) is 15.4. The second-order valence-corrected chi connectivity index (χ2v) is 6.22. The van der Waals surface area contributed by atoms with Crippen LogP contribution in [-0.4, -0.2) is 25.0 Å². The lowest BCUT2D eigenvalue weighted by atomic mass is 10.1. The molecule has 0 spiro atoms. The monoisotopic (exact) mass is 408 g/mol. The summed E-state index contributed by atoms with van der Waals surface area (Å²) in [5, 5.41) is 5.37.